The van der Waals surface area contributed by atoms with Crippen molar-refractivity contribution < 1.29 is 19.4 Å². The molecule has 23 heavy (non-hydrogen) atoms. The minimum Gasteiger partial charge on any atom is -0.481 e. The highest BCUT2D eigenvalue weighted by molar-refractivity contribution is 5.94. The van der Waals surface area contributed by atoms with Crippen molar-refractivity contribution in [3.63, 3.8) is 0 Å². The van der Waals surface area contributed by atoms with Crippen LogP contribution < -0.4 is 0 Å². The van der Waals surface area contributed by atoms with Crippen LogP contribution in [0.15, 0.2) is 24.3 Å². The van der Waals surface area contributed by atoms with Crippen molar-refractivity contribution in [2.45, 2.75) is 32.3 Å². The lowest BCUT2D eigenvalue weighted by molar-refractivity contribution is -0.145. The summed E-state index contributed by atoms with van der Waals surface area (Å²) in [6, 6.07) is 7.64. The van der Waals surface area contributed by atoms with Crippen molar-refractivity contribution in [2.75, 3.05) is 19.7 Å². The minimum atomic E-state index is -0.759. The van der Waals surface area contributed by atoms with Crippen LogP contribution in [-0.2, 0) is 9.53 Å². The first-order valence-electron chi connectivity index (χ1n) is 8.26. The molecule has 2 heterocycles. The van der Waals surface area contributed by atoms with Gasteiger partial charge in [-0.1, -0.05) is 17.7 Å². The van der Waals surface area contributed by atoms with Crippen molar-refractivity contribution in [3.8, 4) is 0 Å². The van der Waals surface area contributed by atoms with E-state index in [0.717, 1.165) is 24.0 Å². The lowest BCUT2D eigenvalue weighted by atomic mass is 9.84. The van der Waals surface area contributed by atoms with Crippen LogP contribution in [0.2, 0.25) is 0 Å². The highest BCUT2D eigenvalue weighted by Gasteiger charge is 2.40. The number of nitrogens with zero attached hydrogens (tertiary/aromatic N) is 1. The number of carbonyl (C=O) groups is 2. The number of ether oxygens (including phenoxy) is 1. The molecule has 5 heteroatoms. The maximum Gasteiger partial charge on any atom is 0.309 e. The topological polar surface area (TPSA) is 66.8 Å². The van der Waals surface area contributed by atoms with Crippen molar-refractivity contribution in [3.05, 3.63) is 35.4 Å². The molecule has 1 amide bonds. The van der Waals surface area contributed by atoms with Crippen LogP contribution in [0.25, 0.3) is 0 Å². The van der Waals surface area contributed by atoms with Crippen LogP contribution in [-0.4, -0.2) is 47.7 Å². The summed E-state index contributed by atoms with van der Waals surface area (Å²) in [4.78, 5) is 25.7. The van der Waals surface area contributed by atoms with Gasteiger partial charge in [0.1, 0.15) is 0 Å². The van der Waals surface area contributed by atoms with Crippen LogP contribution in [0.5, 0.6) is 0 Å². The first-order chi connectivity index (χ1) is 11.1. The number of aryl methyl sites for hydroxylation is 1. The van der Waals surface area contributed by atoms with E-state index in [4.69, 9.17) is 4.74 Å². The number of carbonyl (C=O) groups excluding carboxylic acids is 1. The fourth-order valence-corrected chi connectivity index (χ4v) is 3.73. The predicted octanol–water partition coefficient (Wildman–Crippen LogP) is 2.34. The van der Waals surface area contributed by atoms with Gasteiger partial charge >= 0.3 is 5.97 Å². The van der Waals surface area contributed by atoms with Crippen molar-refractivity contribution in [2.24, 2.45) is 11.8 Å². The van der Waals surface area contributed by atoms with Gasteiger partial charge < -0.3 is 14.7 Å². The Morgan fingerprint density at radius 2 is 1.96 bits per heavy atom. The number of carboxylic acids is 1. The lowest BCUT2D eigenvalue weighted by Crippen LogP contribution is -2.43. The molecule has 1 unspecified atom stereocenters. The van der Waals surface area contributed by atoms with E-state index in [0.29, 0.717) is 26.1 Å². The molecular formula is C18H23NO4. The molecule has 2 fully saturated rings. The normalized spacial score (nSPS) is 25.5. The Bertz CT molecular complexity index is 592. The van der Waals surface area contributed by atoms with E-state index in [9.17, 15) is 14.7 Å². The van der Waals surface area contributed by atoms with Gasteiger partial charge in [-0.25, -0.2) is 0 Å². The Morgan fingerprint density at radius 3 is 2.61 bits per heavy atom. The average molecular weight is 317 g/mol. The van der Waals surface area contributed by atoms with Gasteiger partial charge in [0.25, 0.3) is 5.91 Å². The molecule has 0 radical (unpaired) electrons. The monoisotopic (exact) mass is 317 g/mol. The molecule has 2 aliphatic heterocycles. The number of carboxylic acid groups (broad SMARTS) is 1. The molecule has 0 saturated carbocycles. The average Bonchev–Trinajstić information content (AvgIpc) is 3.04. The van der Waals surface area contributed by atoms with Crippen LogP contribution in [0.4, 0.5) is 0 Å². The highest BCUT2D eigenvalue weighted by atomic mass is 16.5. The van der Waals surface area contributed by atoms with Gasteiger partial charge in [0.05, 0.1) is 12.0 Å². The maximum absolute atomic E-state index is 12.6. The first kappa shape index (κ1) is 16.0. The fourth-order valence-electron chi connectivity index (χ4n) is 3.73. The SMILES string of the molecule is Cc1cccc(C(=O)N2CCC([C@@H]3OCCC3C(=O)O)CC2)c1. The summed E-state index contributed by atoms with van der Waals surface area (Å²) in [5, 5.41) is 9.28. The summed E-state index contributed by atoms with van der Waals surface area (Å²) in [7, 11) is 0. The molecular weight excluding hydrogens is 294 g/mol. The van der Waals surface area contributed by atoms with Crippen LogP contribution in [0.3, 0.4) is 0 Å². The minimum absolute atomic E-state index is 0.0641. The predicted molar refractivity (Wildman–Crippen MR) is 85.3 cm³/mol. The first-order valence-corrected chi connectivity index (χ1v) is 8.26. The number of rotatable bonds is 3. The summed E-state index contributed by atoms with van der Waals surface area (Å²) < 4.78 is 5.68. The van der Waals surface area contributed by atoms with Crippen molar-refractivity contribution in [1.29, 1.82) is 0 Å². The number of piperidine rings is 1. The number of benzene rings is 1. The molecule has 0 spiro atoms. The Morgan fingerprint density at radius 1 is 1.22 bits per heavy atom. The van der Waals surface area contributed by atoms with Gasteiger partial charge in [-0.2, -0.15) is 0 Å². The fraction of sp³-hybridized carbons (Fsp3) is 0.556. The Balaban J connectivity index is 1.60. The summed E-state index contributed by atoms with van der Waals surface area (Å²) >= 11 is 0. The van der Waals surface area contributed by atoms with Gasteiger partial charge in [0, 0.05) is 25.3 Å². The van der Waals surface area contributed by atoms with E-state index in [2.05, 4.69) is 0 Å². The summed E-state index contributed by atoms with van der Waals surface area (Å²) in [6.45, 7) is 3.85. The van der Waals surface area contributed by atoms with Gasteiger partial charge in [0.2, 0.25) is 0 Å². The molecule has 0 aromatic heterocycles. The molecule has 0 bridgehead atoms. The molecule has 3 rings (SSSR count). The number of likely N-dealkylation sites (tertiary alicyclic amines) is 1. The molecule has 1 aromatic carbocycles. The lowest BCUT2D eigenvalue weighted by Gasteiger charge is -2.35. The second-order valence-electron chi connectivity index (χ2n) is 6.57. The third kappa shape index (κ3) is 3.39. The van der Waals surface area contributed by atoms with Gasteiger partial charge in [-0.15, -0.1) is 0 Å². The van der Waals surface area contributed by atoms with Gasteiger partial charge in [-0.3, -0.25) is 9.59 Å². The Hall–Kier alpha value is -1.88. The Kier molecular flexibility index (Phi) is 4.66. The van der Waals surface area contributed by atoms with E-state index >= 15 is 0 Å². The number of amides is 1. The molecule has 1 N–H and O–H groups in total. The zero-order valence-corrected chi connectivity index (χ0v) is 13.4. The van der Waals surface area contributed by atoms with Gasteiger partial charge in [0.15, 0.2) is 0 Å². The number of hydrogen-bond donors (Lipinski definition) is 1. The molecule has 5 nitrogen and oxygen atoms in total. The third-order valence-electron chi connectivity index (χ3n) is 5.01. The maximum atomic E-state index is 12.6. The highest BCUT2D eigenvalue weighted by Crippen LogP contribution is 2.33. The summed E-state index contributed by atoms with van der Waals surface area (Å²) in [5.41, 5.74) is 1.80. The third-order valence-corrected chi connectivity index (χ3v) is 5.01. The molecule has 2 aliphatic rings. The van der Waals surface area contributed by atoms with Crippen LogP contribution in [0, 0.1) is 18.8 Å². The summed E-state index contributed by atoms with van der Waals surface area (Å²) in [5.74, 6) is -0.848. The zero-order chi connectivity index (χ0) is 16.4. The van der Waals surface area contributed by atoms with Crippen molar-refractivity contribution >= 4 is 11.9 Å². The molecule has 1 aromatic rings. The van der Waals surface area contributed by atoms with Gasteiger partial charge in [-0.05, 0) is 44.2 Å². The van der Waals surface area contributed by atoms with E-state index in [1.807, 2.05) is 36.1 Å². The van der Waals surface area contributed by atoms with Crippen LogP contribution in [0.1, 0.15) is 35.2 Å². The summed E-state index contributed by atoms with van der Waals surface area (Å²) in [6.07, 6.45) is 2.03. The Labute approximate surface area is 136 Å². The second-order valence-corrected chi connectivity index (χ2v) is 6.57. The van der Waals surface area contributed by atoms with E-state index in [-0.39, 0.29) is 23.8 Å². The molecule has 2 atom stereocenters. The van der Waals surface area contributed by atoms with E-state index in [1.54, 1.807) is 0 Å². The van der Waals surface area contributed by atoms with Crippen molar-refractivity contribution in [1.82, 2.24) is 4.90 Å². The molecule has 124 valence electrons. The standard InChI is InChI=1S/C18H23NO4/c1-12-3-2-4-14(11-12)17(20)19-8-5-13(6-9-19)16-15(18(21)22)7-10-23-16/h2-4,11,13,15-16H,5-10H2,1H3,(H,21,22)/t15?,16-/m0/s1. The zero-order valence-electron chi connectivity index (χ0n) is 13.4. The molecule has 2 saturated heterocycles. The second kappa shape index (κ2) is 6.71. The van der Waals surface area contributed by atoms with E-state index in [1.165, 1.54) is 0 Å². The smallest absolute Gasteiger partial charge is 0.309 e. The van der Waals surface area contributed by atoms with E-state index < -0.39 is 5.97 Å². The number of aliphatic carboxylic acids is 1. The largest absolute Gasteiger partial charge is 0.481 e. The quantitative estimate of drug-likeness (QED) is 0.929. The van der Waals surface area contributed by atoms with Crippen LogP contribution >= 0.6 is 0 Å². The molecule has 0 aliphatic carbocycles. The number of hydrogen-bond acceptors (Lipinski definition) is 3.